The van der Waals surface area contributed by atoms with Gasteiger partial charge < -0.3 is 15.3 Å². The number of likely N-dealkylation sites (tertiary alicyclic amines) is 1. The van der Waals surface area contributed by atoms with E-state index < -0.39 is 0 Å². The molecule has 1 aliphatic heterocycles. The van der Waals surface area contributed by atoms with Gasteiger partial charge in [0.15, 0.2) is 0 Å². The first-order valence-corrected chi connectivity index (χ1v) is 6.39. The zero-order chi connectivity index (χ0) is 12.5. The number of aliphatic hydroxyl groups is 1. The molecule has 0 atom stereocenters. The van der Waals surface area contributed by atoms with Crippen LogP contribution in [0.2, 0.25) is 0 Å². The molecule has 0 aromatic carbocycles. The highest BCUT2D eigenvalue weighted by molar-refractivity contribution is 5.84. The predicted molar refractivity (Wildman–Crippen MR) is 64.4 cm³/mol. The molecule has 98 valence electrons. The minimum Gasteiger partial charge on any atom is -0.396 e. The van der Waals surface area contributed by atoms with Gasteiger partial charge in [-0.2, -0.15) is 0 Å². The van der Waals surface area contributed by atoms with Crippen LogP contribution in [0.4, 0.5) is 0 Å². The minimum absolute atomic E-state index is 0.0141. The van der Waals surface area contributed by atoms with Gasteiger partial charge in [0.25, 0.3) is 0 Å². The molecule has 0 aliphatic carbocycles. The van der Waals surface area contributed by atoms with Crippen LogP contribution >= 0.6 is 0 Å². The Bertz CT molecular complexity index is 250. The predicted octanol–water partition coefficient (Wildman–Crippen LogP) is 0.278. The standard InChI is InChI=1S/C12H22N2O3/c15-9-5-2-6-11(16)13-10-12(17)14-7-3-1-4-8-14/h15H,1-10H2,(H,13,16). The average Bonchev–Trinajstić information content (AvgIpc) is 2.37. The first-order chi connectivity index (χ1) is 8.24. The Morgan fingerprint density at radius 1 is 1.12 bits per heavy atom. The Morgan fingerprint density at radius 3 is 2.47 bits per heavy atom. The zero-order valence-electron chi connectivity index (χ0n) is 10.3. The van der Waals surface area contributed by atoms with Crippen LogP contribution in [0.5, 0.6) is 0 Å². The molecule has 0 unspecified atom stereocenters. The van der Waals surface area contributed by atoms with Gasteiger partial charge in [-0.3, -0.25) is 9.59 Å². The first-order valence-electron chi connectivity index (χ1n) is 6.39. The largest absolute Gasteiger partial charge is 0.396 e. The van der Waals surface area contributed by atoms with Crippen molar-refractivity contribution in [3.63, 3.8) is 0 Å². The Labute approximate surface area is 102 Å². The maximum Gasteiger partial charge on any atom is 0.241 e. The maximum absolute atomic E-state index is 11.7. The van der Waals surface area contributed by atoms with E-state index in [0.29, 0.717) is 19.3 Å². The SMILES string of the molecule is O=C(CCCCO)NCC(=O)N1CCCCC1. The van der Waals surface area contributed by atoms with Gasteiger partial charge in [-0.25, -0.2) is 0 Å². The summed E-state index contributed by atoms with van der Waals surface area (Å²) in [6.45, 7) is 1.86. The molecule has 2 N–H and O–H groups in total. The van der Waals surface area contributed by atoms with E-state index in [2.05, 4.69) is 5.32 Å². The summed E-state index contributed by atoms with van der Waals surface area (Å²) in [5, 5.41) is 11.2. The third kappa shape index (κ3) is 5.68. The second kappa shape index (κ2) is 8.06. The second-order valence-electron chi connectivity index (χ2n) is 4.40. The summed E-state index contributed by atoms with van der Waals surface area (Å²) < 4.78 is 0. The van der Waals surface area contributed by atoms with Gasteiger partial charge in [-0.1, -0.05) is 0 Å². The summed E-state index contributed by atoms with van der Waals surface area (Å²) >= 11 is 0. The number of hydrogen-bond acceptors (Lipinski definition) is 3. The van der Waals surface area contributed by atoms with E-state index in [1.807, 2.05) is 4.90 Å². The van der Waals surface area contributed by atoms with Crippen molar-refractivity contribution in [2.24, 2.45) is 0 Å². The molecule has 5 heteroatoms. The van der Waals surface area contributed by atoms with Crippen molar-refractivity contribution in [3.05, 3.63) is 0 Å². The monoisotopic (exact) mass is 242 g/mol. The van der Waals surface area contributed by atoms with Crippen LogP contribution in [-0.4, -0.2) is 48.1 Å². The van der Waals surface area contributed by atoms with Gasteiger partial charge in [0.05, 0.1) is 6.54 Å². The quantitative estimate of drug-likeness (QED) is 0.657. The van der Waals surface area contributed by atoms with Gasteiger partial charge in [0, 0.05) is 26.1 Å². The van der Waals surface area contributed by atoms with E-state index in [1.54, 1.807) is 0 Å². The fourth-order valence-electron chi connectivity index (χ4n) is 1.92. The lowest BCUT2D eigenvalue weighted by atomic mass is 10.1. The first kappa shape index (κ1) is 14.0. The van der Waals surface area contributed by atoms with Crippen molar-refractivity contribution in [1.29, 1.82) is 0 Å². The van der Waals surface area contributed by atoms with E-state index in [-0.39, 0.29) is 25.0 Å². The fourth-order valence-corrected chi connectivity index (χ4v) is 1.92. The van der Waals surface area contributed by atoms with E-state index in [1.165, 1.54) is 6.42 Å². The molecule has 17 heavy (non-hydrogen) atoms. The van der Waals surface area contributed by atoms with Crippen molar-refractivity contribution in [2.75, 3.05) is 26.2 Å². The highest BCUT2D eigenvalue weighted by Crippen LogP contribution is 2.08. The second-order valence-corrected chi connectivity index (χ2v) is 4.40. The van der Waals surface area contributed by atoms with Gasteiger partial charge in [-0.05, 0) is 32.1 Å². The Morgan fingerprint density at radius 2 is 1.82 bits per heavy atom. The summed E-state index contributed by atoms with van der Waals surface area (Å²) in [6, 6.07) is 0. The molecule has 1 heterocycles. The highest BCUT2D eigenvalue weighted by Gasteiger charge is 2.16. The van der Waals surface area contributed by atoms with Crippen LogP contribution < -0.4 is 5.32 Å². The molecule has 0 aromatic rings. The van der Waals surface area contributed by atoms with Crippen LogP contribution in [0.1, 0.15) is 38.5 Å². The number of aliphatic hydroxyl groups excluding tert-OH is 1. The van der Waals surface area contributed by atoms with E-state index >= 15 is 0 Å². The van der Waals surface area contributed by atoms with Crippen LogP contribution in [0.25, 0.3) is 0 Å². The summed E-state index contributed by atoms with van der Waals surface area (Å²) in [6.07, 6.45) is 5.01. The molecular weight excluding hydrogens is 220 g/mol. The fraction of sp³-hybridized carbons (Fsp3) is 0.833. The lowest BCUT2D eigenvalue weighted by molar-refractivity contribution is -0.133. The van der Waals surface area contributed by atoms with Crippen LogP contribution in [0.3, 0.4) is 0 Å². The number of nitrogens with zero attached hydrogens (tertiary/aromatic N) is 1. The molecule has 0 spiro atoms. The van der Waals surface area contributed by atoms with Gasteiger partial charge >= 0.3 is 0 Å². The molecule has 1 saturated heterocycles. The molecule has 2 amide bonds. The number of carbonyl (C=O) groups is 2. The Kier molecular flexibility index (Phi) is 6.62. The van der Waals surface area contributed by atoms with Crippen molar-refractivity contribution >= 4 is 11.8 Å². The summed E-state index contributed by atoms with van der Waals surface area (Å²) in [7, 11) is 0. The molecule has 1 aliphatic rings. The van der Waals surface area contributed by atoms with Crippen LogP contribution in [0, 0.1) is 0 Å². The summed E-state index contributed by atoms with van der Waals surface area (Å²) in [4.78, 5) is 24.9. The third-order valence-electron chi connectivity index (χ3n) is 2.96. The molecule has 0 aromatic heterocycles. The van der Waals surface area contributed by atoms with Crippen LogP contribution in [0.15, 0.2) is 0 Å². The number of unbranched alkanes of at least 4 members (excludes halogenated alkanes) is 1. The molecular formula is C12H22N2O3. The smallest absolute Gasteiger partial charge is 0.241 e. The molecule has 0 saturated carbocycles. The molecule has 1 fully saturated rings. The zero-order valence-corrected chi connectivity index (χ0v) is 10.3. The number of rotatable bonds is 6. The van der Waals surface area contributed by atoms with Gasteiger partial charge in [0.1, 0.15) is 0 Å². The topological polar surface area (TPSA) is 69.6 Å². The number of piperidine rings is 1. The van der Waals surface area contributed by atoms with Crippen LogP contribution in [-0.2, 0) is 9.59 Å². The van der Waals surface area contributed by atoms with E-state index in [9.17, 15) is 9.59 Å². The molecule has 0 radical (unpaired) electrons. The van der Waals surface area contributed by atoms with Crippen molar-refractivity contribution in [2.45, 2.75) is 38.5 Å². The Hall–Kier alpha value is -1.10. The van der Waals surface area contributed by atoms with Crippen molar-refractivity contribution < 1.29 is 14.7 Å². The number of carbonyl (C=O) groups excluding carboxylic acids is 2. The van der Waals surface area contributed by atoms with E-state index in [4.69, 9.17) is 5.11 Å². The third-order valence-corrected chi connectivity index (χ3v) is 2.96. The highest BCUT2D eigenvalue weighted by atomic mass is 16.3. The molecule has 5 nitrogen and oxygen atoms in total. The van der Waals surface area contributed by atoms with Crippen molar-refractivity contribution in [1.82, 2.24) is 10.2 Å². The Balaban J connectivity index is 2.11. The lowest BCUT2D eigenvalue weighted by Crippen LogP contribution is -2.42. The molecule has 0 bridgehead atoms. The normalized spacial score (nSPS) is 15.7. The number of amides is 2. The van der Waals surface area contributed by atoms with Crippen molar-refractivity contribution in [3.8, 4) is 0 Å². The molecule has 1 rings (SSSR count). The summed E-state index contributed by atoms with van der Waals surface area (Å²) in [5.74, 6) is -0.0935. The summed E-state index contributed by atoms with van der Waals surface area (Å²) in [5.41, 5.74) is 0. The number of hydrogen-bond donors (Lipinski definition) is 2. The van der Waals surface area contributed by atoms with E-state index in [0.717, 1.165) is 25.9 Å². The minimum atomic E-state index is -0.108. The number of nitrogens with one attached hydrogen (secondary N) is 1. The van der Waals surface area contributed by atoms with Gasteiger partial charge in [-0.15, -0.1) is 0 Å². The van der Waals surface area contributed by atoms with Gasteiger partial charge in [0.2, 0.25) is 11.8 Å². The lowest BCUT2D eigenvalue weighted by Gasteiger charge is -2.26. The maximum atomic E-state index is 11.7. The average molecular weight is 242 g/mol.